The summed E-state index contributed by atoms with van der Waals surface area (Å²) < 4.78 is 6.18. The summed E-state index contributed by atoms with van der Waals surface area (Å²) >= 11 is 0. The van der Waals surface area contributed by atoms with Crippen molar-refractivity contribution in [1.82, 2.24) is 5.32 Å². The molecule has 3 nitrogen and oxygen atoms in total. The van der Waals surface area contributed by atoms with E-state index in [0.717, 1.165) is 62.8 Å². The van der Waals surface area contributed by atoms with E-state index < -0.39 is 0 Å². The molecule has 1 aliphatic rings. The van der Waals surface area contributed by atoms with Crippen LogP contribution in [0.1, 0.15) is 42.6 Å². The molecule has 1 fully saturated rings. The number of furan rings is 1. The highest BCUT2D eigenvalue weighted by Crippen LogP contribution is 2.29. The van der Waals surface area contributed by atoms with Crippen molar-refractivity contribution >= 4 is 16.9 Å². The van der Waals surface area contributed by atoms with Crippen LogP contribution in [0.3, 0.4) is 0 Å². The summed E-state index contributed by atoms with van der Waals surface area (Å²) in [6.07, 6.45) is 7.11. The van der Waals surface area contributed by atoms with Gasteiger partial charge in [-0.15, -0.1) is 0 Å². The fourth-order valence-corrected chi connectivity index (χ4v) is 3.69. The minimum absolute atomic E-state index is 0.232. The standard InChI is InChI=1S/C24H27NO2/c26-24(19-15-16-19)25-17-7-12-21-20-11-4-5-13-22(20)27-23(21)14-6-10-18-8-2-1-3-9-18/h1-5,8-9,11,13,19H,6-7,10,12,14-17H2,(H,25,26). The van der Waals surface area contributed by atoms with Crippen LogP contribution in [0.4, 0.5) is 0 Å². The molecule has 1 aromatic heterocycles. The normalized spacial score (nSPS) is 13.8. The Morgan fingerprint density at radius 2 is 1.70 bits per heavy atom. The number of nitrogens with one attached hydrogen (secondary N) is 1. The molecule has 1 saturated carbocycles. The number of hydrogen-bond donors (Lipinski definition) is 1. The molecule has 4 rings (SSSR count). The van der Waals surface area contributed by atoms with Gasteiger partial charge < -0.3 is 9.73 Å². The van der Waals surface area contributed by atoms with E-state index in [9.17, 15) is 4.79 Å². The van der Waals surface area contributed by atoms with Crippen molar-refractivity contribution in [2.24, 2.45) is 5.92 Å². The van der Waals surface area contributed by atoms with Gasteiger partial charge in [0.05, 0.1) is 0 Å². The second-order valence-electron chi connectivity index (χ2n) is 7.51. The molecule has 0 aliphatic heterocycles. The van der Waals surface area contributed by atoms with E-state index in [1.165, 1.54) is 16.5 Å². The van der Waals surface area contributed by atoms with Crippen LogP contribution in [0.2, 0.25) is 0 Å². The molecule has 1 N–H and O–H groups in total. The molecule has 0 radical (unpaired) electrons. The lowest BCUT2D eigenvalue weighted by molar-refractivity contribution is -0.122. The number of carbonyl (C=O) groups excluding carboxylic acids is 1. The zero-order chi connectivity index (χ0) is 18.5. The van der Waals surface area contributed by atoms with Gasteiger partial charge in [0.1, 0.15) is 11.3 Å². The van der Waals surface area contributed by atoms with E-state index in [1.807, 2.05) is 12.1 Å². The molecule has 0 unspecified atom stereocenters. The minimum Gasteiger partial charge on any atom is -0.461 e. The summed E-state index contributed by atoms with van der Waals surface area (Å²) in [4.78, 5) is 11.8. The Bertz CT molecular complexity index is 893. The molecule has 27 heavy (non-hydrogen) atoms. The van der Waals surface area contributed by atoms with Crippen molar-refractivity contribution in [3.05, 3.63) is 71.5 Å². The van der Waals surface area contributed by atoms with Gasteiger partial charge in [-0.3, -0.25) is 4.79 Å². The largest absolute Gasteiger partial charge is 0.461 e. The van der Waals surface area contributed by atoms with Crippen LogP contribution in [-0.4, -0.2) is 12.5 Å². The number of rotatable bonds is 9. The average Bonchev–Trinajstić information content (AvgIpc) is 3.49. The lowest BCUT2D eigenvalue weighted by Crippen LogP contribution is -2.26. The highest BCUT2D eigenvalue weighted by Gasteiger charge is 2.29. The van der Waals surface area contributed by atoms with Crippen molar-refractivity contribution in [3.8, 4) is 0 Å². The number of aryl methyl sites for hydroxylation is 3. The summed E-state index contributed by atoms with van der Waals surface area (Å²) in [5, 5.41) is 4.29. The smallest absolute Gasteiger partial charge is 0.223 e. The summed E-state index contributed by atoms with van der Waals surface area (Å²) in [5.74, 6) is 1.63. The van der Waals surface area contributed by atoms with Crippen molar-refractivity contribution in [2.45, 2.75) is 44.9 Å². The first-order chi connectivity index (χ1) is 13.3. The first-order valence-electron chi connectivity index (χ1n) is 10.1. The maximum Gasteiger partial charge on any atom is 0.223 e. The van der Waals surface area contributed by atoms with Gasteiger partial charge in [0, 0.05) is 29.8 Å². The number of benzene rings is 2. The highest BCUT2D eigenvalue weighted by atomic mass is 16.3. The minimum atomic E-state index is 0.232. The second-order valence-corrected chi connectivity index (χ2v) is 7.51. The Morgan fingerprint density at radius 3 is 2.52 bits per heavy atom. The quantitative estimate of drug-likeness (QED) is 0.541. The molecule has 0 spiro atoms. The van der Waals surface area contributed by atoms with Crippen LogP contribution in [0, 0.1) is 5.92 Å². The Balaban J connectivity index is 1.38. The molecule has 0 saturated heterocycles. The number of para-hydroxylation sites is 1. The lowest BCUT2D eigenvalue weighted by atomic mass is 10.0. The number of hydrogen-bond acceptors (Lipinski definition) is 2. The number of fused-ring (bicyclic) bond motifs is 1. The predicted molar refractivity (Wildman–Crippen MR) is 109 cm³/mol. The van der Waals surface area contributed by atoms with Crippen molar-refractivity contribution < 1.29 is 9.21 Å². The van der Waals surface area contributed by atoms with E-state index in [4.69, 9.17) is 4.42 Å². The number of amides is 1. The van der Waals surface area contributed by atoms with Gasteiger partial charge in [0.25, 0.3) is 0 Å². The summed E-state index contributed by atoms with van der Waals surface area (Å²) in [7, 11) is 0. The Kier molecular flexibility index (Phi) is 5.57. The van der Waals surface area contributed by atoms with E-state index in [2.05, 4.69) is 47.8 Å². The topological polar surface area (TPSA) is 42.2 Å². The number of carbonyl (C=O) groups is 1. The Labute approximate surface area is 160 Å². The molecule has 1 aliphatic carbocycles. The van der Waals surface area contributed by atoms with Gasteiger partial charge in [0.2, 0.25) is 5.91 Å². The van der Waals surface area contributed by atoms with Crippen LogP contribution < -0.4 is 5.32 Å². The first kappa shape index (κ1) is 17.8. The van der Waals surface area contributed by atoms with Gasteiger partial charge >= 0.3 is 0 Å². The van der Waals surface area contributed by atoms with E-state index >= 15 is 0 Å². The van der Waals surface area contributed by atoms with Crippen LogP contribution in [0.15, 0.2) is 59.0 Å². The van der Waals surface area contributed by atoms with Crippen molar-refractivity contribution in [2.75, 3.05) is 6.54 Å². The summed E-state index contributed by atoms with van der Waals surface area (Å²) in [6.45, 7) is 0.748. The summed E-state index contributed by atoms with van der Waals surface area (Å²) in [6, 6.07) is 18.9. The third-order valence-electron chi connectivity index (χ3n) is 5.34. The van der Waals surface area contributed by atoms with Crippen LogP contribution in [0.25, 0.3) is 11.0 Å². The van der Waals surface area contributed by atoms with Crippen LogP contribution in [-0.2, 0) is 24.1 Å². The molecular formula is C24H27NO2. The molecule has 3 aromatic rings. The zero-order valence-electron chi connectivity index (χ0n) is 15.7. The van der Waals surface area contributed by atoms with Crippen molar-refractivity contribution in [1.29, 1.82) is 0 Å². The molecule has 0 atom stereocenters. The third-order valence-corrected chi connectivity index (χ3v) is 5.34. The van der Waals surface area contributed by atoms with E-state index in [0.29, 0.717) is 0 Å². The van der Waals surface area contributed by atoms with Gasteiger partial charge in [-0.1, -0.05) is 48.5 Å². The summed E-state index contributed by atoms with van der Waals surface area (Å²) in [5.41, 5.74) is 3.67. The van der Waals surface area contributed by atoms with Crippen LogP contribution >= 0.6 is 0 Å². The molecule has 2 aromatic carbocycles. The average molecular weight is 361 g/mol. The van der Waals surface area contributed by atoms with Crippen LogP contribution in [0.5, 0.6) is 0 Å². The monoisotopic (exact) mass is 361 g/mol. The SMILES string of the molecule is O=C(NCCCc1c(CCCc2ccccc2)oc2ccccc12)C1CC1. The molecule has 0 bridgehead atoms. The highest BCUT2D eigenvalue weighted by molar-refractivity contribution is 5.82. The lowest BCUT2D eigenvalue weighted by Gasteiger charge is -2.06. The van der Waals surface area contributed by atoms with Crippen molar-refractivity contribution in [3.63, 3.8) is 0 Å². The third kappa shape index (κ3) is 4.60. The first-order valence-corrected chi connectivity index (χ1v) is 10.1. The maximum absolute atomic E-state index is 11.8. The van der Waals surface area contributed by atoms with E-state index in [-0.39, 0.29) is 11.8 Å². The van der Waals surface area contributed by atoms with E-state index in [1.54, 1.807) is 0 Å². The second kappa shape index (κ2) is 8.43. The molecule has 1 heterocycles. The fraction of sp³-hybridized carbons (Fsp3) is 0.375. The van der Waals surface area contributed by atoms with Gasteiger partial charge in [0.15, 0.2) is 0 Å². The van der Waals surface area contributed by atoms with Gasteiger partial charge in [-0.25, -0.2) is 0 Å². The molecule has 1 amide bonds. The Morgan fingerprint density at radius 1 is 0.926 bits per heavy atom. The van der Waals surface area contributed by atoms with Gasteiger partial charge in [-0.2, -0.15) is 0 Å². The maximum atomic E-state index is 11.8. The molecule has 140 valence electrons. The fourth-order valence-electron chi connectivity index (χ4n) is 3.69. The van der Waals surface area contributed by atoms with Gasteiger partial charge in [-0.05, 0) is 50.2 Å². The zero-order valence-corrected chi connectivity index (χ0v) is 15.7. The predicted octanol–water partition coefficient (Wildman–Crippen LogP) is 5.07. The molecular weight excluding hydrogens is 334 g/mol. The molecule has 3 heteroatoms. The Hall–Kier alpha value is -2.55.